The second kappa shape index (κ2) is 8.36. The van der Waals surface area contributed by atoms with E-state index in [9.17, 15) is 14.4 Å². The third kappa shape index (κ3) is 4.34. The molecule has 0 aromatic heterocycles. The third-order valence-electron chi connectivity index (χ3n) is 5.38. The zero-order valence-corrected chi connectivity index (χ0v) is 17.5. The molecular formula is C19H25ClN4O5. The average molecular weight is 425 g/mol. The van der Waals surface area contributed by atoms with Gasteiger partial charge in [0.25, 0.3) is 5.91 Å². The molecule has 2 fully saturated rings. The molecule has 1 aromatic carbocycles. The third-order valence-corrected chi connectivity index (χ3v) is 5.76. The second-order valence-electron chi connectivity index (χ2n) is 7.27. The zero-order chi connectivity index (χ0) is 21.2. The lowest BCUT2D eigenvalue weighted by Gasteiger charge is -2.36. The van der Waals surface area contributed by atoms with Crippen molar-refractivity contribution in [1.29, 1.82) is 0 Å². The highest BCUT2D eigenvalue weighted by molar-refractivity contribution is 6.33. The van der Waals surface area contributed by atoms with Crippen molar-refractivity contribution in [3.8, 4) is 11.5 Å². The topological polar surface area (TPSA) is 100 Å². The molecule has 3 rings (SSSR count). The number of benzene rings is 1. The van der Waals surface area contributed by atoms with Gasteiger partial charge in [0.2, 0.25) is 5.91 Å². The van der Waals surface area contributed by atoms with Crippen LogP contribution in [0.4, 0.5) is 10.5 Å². The fourth-order valence-electron chi connectivity index (χ4n) is 3.52. The molecule has 10 heteroatoms. The van der Waals surface area contributed by atoms with E-state index in [-0.39, 0.29) is 18.7 Å². The number of urea groups is 1. The molecule has 0 bridgehead atoms. The number of carbonyl (C=O) groups is 3. The van der Waals surface area contributed by atoms with Crippen LogP contribution in [0.1, 0.15) is 19.8 Å². The Labute approximate surface area is 174 Å². The van der Waals surface area contributed by atoms with Crippen LogP contribution in [0.3, 0.4) is 0 Å². The number of hydrogen-bond acceptors (Lipinski definition) is 6. The number of carbonyl (C=O) groups excluding carboxylic acids is 3. The van der Waals surface area contributed by atoms with Gasteiger partial charge in [-0.05, 0) is 13.3 Å². The van der Waals surface area contributed by atoms with E-state index in [1.807, 2.05) is 12.1 Å². The van der Waals surface area contributed by atoms with Gasteiger partial charge in [0.05, 0.1) is 14.2 Å². The van der Waals surface area contributed by atoms with Crippen LogP contribution in [0.25, 0.3) is 0 Å². The van der Waals surface area contributed by atoms with E-state index in [1.165, 1.54) is 0 Å². The van der Waals surface area contributed by atoms with Gasteiger partial charge >= 0.3 is 6.03 Å². The Balaban J connectivity index is 1.57. The minimum atomic E-state index is -1.04. The fourth-order valence-corrected chi connectivity index (χ4v) is 3.79. The highest BCUT2D eigenvalue weighted by Crippen LogP contribution is 2.38. The summed E-state index contributed by atoms with van der Waals surface area (Å²) in [7, 11) is 3.10. The molecule has 1 atom stereocenters. The van der Waals surface area contributed by atoms with Gasteiger partial charge in [-0.1, -0.05) is 11.6 Å². The maximum absolute atomic E-state index is 12.6. The van der Waals surface area contributed by atoms with E-state index < -0.39 is 17.5 Å². The molecule has 0 radical (unpaired) electrons. The summed E-state index contributed by atoms with van der Waals surface area (Å²) in [6.45, 7) is 4.03. The lowest BCUT2D eigenvalue weighted by atomic mass is 9.96. The summed E-state index contributed by atoms with van der Waals surface area (Å²) in [5.74, 6) is 0.631. The van der Waals surface area contributed by atoms with Crippen LogP contribution in [0.15, 0.2) is 12.1 Å². The van der Waals surface area contributed by atoms with E-state index in [4.69, 9.17) is 21.1 Å². The van der Waals surface area contributed by atoms with Crippen molar-refractivity contribution < 1.29 is 23.9 Å². The van der Waals surface area contributed by atoms with Gasteiger partial charge in [0.1, 0.15) is 22.1 Å². The quantitative estimate of drug-likeness (QED) is 0.669. The van der Waals surface area contributed by atoms with Crippen LogP contribution in [-0.2, 0) is 9.59 Å². The summed E-state index contributed by atoms with van der Waals surface area (Å²) in [6.07, 6.45) is 0.446. The lowest BCUT2D eigenvalue weighted by molar-refractivity contribution is -0.132. The van der Waals surface area contributed by atoms with E-state index in [2.05, 4.69) is 15.5 Å². The number of methoxy groups -OCH3 is 2. The summed E-state index contributed by atoms with van der Waals surface area (Å²) in [4.78, 5) is 39.7. The summed E-state index contributed by atoms with van der Waals surface area (Å²) < 4.78 is 10.6. The second-order valence-corrected chi connectivity index (χ2v) is 7.65. The van der Waals surface area contributed by atoms with Gasteiger partial charge < -0.3 is 24.6 Å². The Morgan fingerprint density at radius 2 is 1.72 bits per heavy atom. The number of anilines is 1. The Morgan fingerprint density at radius 3 is 2.21 bits per heavy atom. The van der Waals surface area contributed by atoms with Crippen molar-refractivity contribution in [3.63, 3.8) is 0 Å². The summed E-state index contributed by atoms with van der Waals surface area (Å²) in [6, 6.07) is 3.18. The molecule has 29 heavy (non-hydrogen) atoms. The molecule has 1 unspecified atom stereocenters. The van der Waals surface area contributed by atoms with Crippen molar-refractivity contribution in [2.24, 2.45) is 0 Å². The van der Waals surface area contributed by atoms with Gasteiger partial charge in [-0.15, -0.1) is 0 Å². The van der Waals surface area contributed by atoms with E-state index >= 15 is 0 Å². The minimum absolute atomic E-state index is 0.0360. The molecule has 2 aliphatic heterocycles. The Bertz CT molecular complexity index is 800. The summed E-state index contributed by atoms with van der Waals surface area (Å²) in [5.41, 5.74) is -0.126. The monoisotopic (exact) mass is 424 g/mol. The molecule has 0 aliphatic carbocycles. The van der Waals surface area contributed by atoms with Crippen LogP contribution in [0.2, 0.25) is 5.02 Å². The molecule has 2 N–H and O–H groups in total. The first-order valence-electron chi connectivity index (χ1n) is 9.35. The Kier molecular flexibility index (Phi) is 6.07. The molecule has 1 aromatic rings. The highest BCUT2D eigenvalue weighted by Gasteiger charge is 2.42. The maximum Gasteiger partial charge on any atom is 0.322 e. The number of amides is 4. The first-order chi connectivity index (χ1) is 13.8. The minimum Gasteiger partial charge on any atom is -0.495 e. The van der Waals surface area contributed by atoms with Crippen molar-refractivity contribution in [1.82, 2.24) is 15.5 Å². The standard InChI is InChI=1S/C19H25ClN4O5/c1-19(17(26)21-18(27)22-19)5-4-15(25)24-8-6-23(7-9-24)12-10-13(28-2)16(20)14(11-12)29-3/h10-11H,4-9H2,1-3H3,(H2,21,22,26,27). The predicted molar refractivity (Wildman–Crippen MR) is 108 cm³/mol. The van der Waals surface area contributed by atoms with Gasteiger partial charge in [0.15, 0.2) is 0 Å². The number of hydrogen-bond donors (Lipinski definition) is 2. The number of imide groups is 1. The zero-order valence-electron chi connectivity index (χ0n) is 16.7. The molecule has 2 heterocycles. The molecule has 9 nitrogen and oxygen atoms in total. The number of halogens is 1. The summed E-state index contributed by atoms with van der Waals surface area (Å²) in [5, 5.41) is 5.21. The fraction of sp³-hybridized carbons (Fsp3) is 0.526. The molecule has 2 aliphatic rings. The van der Waals surface area contributed by atoms with Gasteiger partial charge in [-0.3, -0.25) is 14.9 Å². The molecule has 4 amide bonds. The van der Waals surface area contributed by atoms with Gasteiger partial charge in [-0.25, -0.2) is 4.79 Å². The number of nitrogens with zero attached hydrogens (tertiary/aromatic N) is 2. The highest BCUT2D eigenvalue weighted by atomic mass is 35.5. The summed E-state index contributed by atoms with van der Waals surface area (Å²) >= 11 is 6.23. The molecule has 2 saturated heterocycles. The Hall–Kier alpha value is -2.68. The molecule has 0 saturated carbocycles. The maximum atomic E-state index is 12.6. The Morgan fingerprint density at radius 1 is 1.14 bits per heavy atom. The number of ether oxygens (including phenoxy) is 2. The van der Waals surface area contributed by atoms with Crippen molar-refractivity contribution in [2.75, 3.05) is 45.3 Å². The van der Waals surface area contributed by atoms with E-state index in [1.54, 1.807) is 26.0 Å². The lowest BCUT2D eigenvalue weighted by Crippen LogP contribution is -2.50. The normalized spacial score (nSPS) is 21.7. The first-order valence-corrected chi connectivity index (χ1v) is 9.73. The van der Waals surface area contributed by atoms with Crippen LogP contribution in [-0.4, -0.2) is 68.7 Å². The van der Waals surface area contributed by atoms with E-state index in [0.717, 1.165) is 5.69 Å². The largest absolute Gasteiger partial charge is 0.495 e. The van der Waals surface area contributed by atoms with Crippen LogP contribution < -0.4 is 25.0 Å². The molecular weight excluding hydrogens is 400 g/mol. The van der Waals surface area contributed by atoms with Crippen molar-refractivity contribution >= 4 is 35.1 Å². The number of piperazine rings is 1. The van der Waals surface area contributed by atoms with E-state index in [0.29, 0.717) is 42.7 Å². The van der Waals surface area contributed by atoms with Crippen LogP contribution in [0.5, 0.6) is 11.5 Å². The van der Waals surface area contributed by atoms with Gasteiger partial charge in [0, 0.05) is 50.4 Å². The van der Waals surface area contributed by atoms with Gasteiger partial charge in [-0.2, -0.15) is 0 Å². The van der Waals surface area contributed by atoms with Crippen LogP contribution in [0, 0.1) is 0 Å². The first kappa shape index (κ1) is 21.0. The number of rotatable bonds is 6. The molecule has 0 spiro atoms. The smallest absolute Gasteiger partial charge is 0.322 e. The molecule has 158 valence electrons. The van der Waals surface area contributed by atoms with Crippen molar-refractivity contribution in [3.05, 3.63) is 17.2 Å². The van der Waals surface area contributed by atoms with Crippen LogP contribution >= 0.6 is 11.6 Å². The average Bonchev–Trinajstić information content (AvgIpc) is 2.98. The van der Waals surface area contributed by atoms with Crippen molar-refractivity contribution in [2.45, 2.75) is 25.3 Å². The predicted octanol–water partition coefficient (Wildman–Crippen LogP) is 1.38. The number of nitrogens with one attached hydrogen (secondary N) is 2. The SMILES string of the molecule is COc1cc(N2CCN(C(=O)CCC3(C)NC(=O)NC3=O)CC2)cc(OC)c1Cl.